The maximum absolute atomic E-state index is 12.9. The second kappa shape index (κ2) is 61.7. The van der Waals surface area contributed by atoms with Crippen molar-refractivity contribution in [2.24, 2.45) is 0 Å². The van der Waals surface area contributed by atoms with Crippen LogP contribution in [0.25, 0.3) is 0 Å². The van der Waals surface area contributed by atoms with Gasteiger partial charge in [0.2, 0.25) is 0 Å². The summed E-state index contributed by atoms with van der Waals surface area (Å²) in [6.45, 7) is 6.55. The summed E-state index contributed by atoms with van der Waals surface area (Å²) >= 11 is 0. The molecule has 0 aliphatic heterocycles. The molecule has 0 aromatic carbocycles. The quantitative estimate of drug-likeness (QED) is 0.0261. The molecule has 1 atom stereocenters. The number of allylic oxidation sites excluding steroid dienone is 10. The number of carbonyl (C=O) groups is 3. The van der Waals surface area contributed by atoms with E-state index in [9.17, 15) is 14.4 Å². The first-order valence-electron chi connectivity index (χ1n) is 31.8. The smallest absolute Gasteiger partial charge is 0.306 e. The van der Waals surface area contributed by atoms with Gasteiger partial charge in [0.05, 0.1) is 0 Å². The first kappa shape index (κ1) is 70.1. The lowest BCUT2D eigenvalue weighted by Gasteiger charge is -2.18. The highest BCUT2D eigenvalue weighted by Crippen LogP contribution is 2.17. The predicted octanol–water partition coefficient (Wildman–Crippen LogP) is 21.6. The monoisotopic (exact) mass is 1020 g/mol. The summed E-state index contributed by atoms with van der Waals surface area (Å²) in [5.74, 6) is -0.883. The van der Waals surface area contributed by atoms with Crippen molar-refractivity contribution in [3.8, 4) is 0 Å². The molecule has 0 heterocycles. The van der Waals surface area contributed by atoms with Gasteiger partial charge >= 0.3 is 17.9 Å². The van der Waals surface area contributed by atoms with Crippen LogP contribution in [0.5, 0.6) is 0 Å². The Kier molecular flexibility index (Phi) is 59.2. The summed E-state index contributed by atoms with van der Waals surface area (Å²) in [6.07, 6.45) is 77.9. The molecule has 0 aliphatic carbocycles. The largest absolute Gasteiger partial charge is 0.462 e. The Morgan fingerprint density at radius 3 is 0.849 bits per heavy atom. The van der Waals surface area contributed by atoms with Crippen LogP contribution in [0.4, 0.5) is 0 Å². The number of carbonyl (C=O) groups excluding carboxylic acids is 3. The highest BCUT2D eigenvalue weighted by Gasteiger charge is 2.19. The third kappa shape index (κ3) is 59.9. The van der Waals surface area contributed by atoms with Gasteiger partial charge < -0.3 is 14.2 Å². The van der Waals surface area contributed by atoms with Gasteiger partial charge in [-0.1, -0.05) is 268 Å². The Morgan fingerprint density at radius 2 is 0.534 bits per heavy atom. The summed E-state index contributed by atoms with van der Waals surface area (Å²) < 4.78 is 16.9. The zero-order valence-electron chi connectivity index (χ0n) is 48.7. The molecule has 6 nitrogen and oxygen atoms in total. The van der Waals surface area contributed by atoms with Gasteiger partial charge in [-0.3, -0.25) is 14.4 Å². The highest BCUT2D eigenvalue weighted by molar-refractivity contribution is 5.71. The molecule has 0 aromatic heterocycles. The Bertz CT molecular complexity index is 1310. The number of hydrogen-bond acceptors (Lipinski definition) is 6. The Morgan fingerprint density at radius 1 is 0.288 bits per heavy atom. The average Bonchev–Trinajstić information content (AvgIpc) is 3.39. The van der Waals surface area contributed by atoms with Crippen molar-refractivity contribution >= 4 is 17.9 Å². The fourth-order valence-electron chi connectivity index (χ4n) is 9.21. The number of esters is 3. The van der Waals surface area contributed by atoms with E-state index in [1.807, 2.05) is 0 Å². The zero-order valence-corrected chi connectivity index (χ0v) is 48.7. The van der Waals surface area contributed by atoms with Gasteiger partial charge in [0.1, 0.15) is 13.2 Å². The minimum atomic E-state index is -0.783. The van der Waals surface area contributed by atoms with Gasteiger partial charge in [0.15, 0.2) is 6.10 Å². The molecule has 6 heteroatoms. The summed E-state index contributed by atoms with van der Waals surface area (Å²) in [7, 11) is 0. The van der Waals surface area contributed by atoms with Crippen LogP contribution in [0.15, 0.2) is 60.8 Å². The molecule has 0 spiro atoms. The number of ether oxygens (including phenoxy) is 3. The second-order valence-corrected chi connectivity index (χ2v) is 21.3. The van der Waals surface area contributed by atoms with Crippen LogP contribution in [0.3, 0.4) is 0 Å². The van der Waals surface area contributed by atoms with Gasteiger partial charge in [-0.25, -0.2) is 0 Å². The van der Waals surface area contributed by atoms with Crippen LogP contribution in [-0.2, 0) is 28.6 Å². The van der Waals surface area contributed by atoms with Gasteiger partial charge in [0.25, 0.3) is 0 Å². The van der Waals surface area contributed by atoms with Gasteiger partial charge in [-0.2, -0.15) is 0 Å². The molecule has 0 aliphatic rings. The maximum Gasteiger partial charge on any atom is 0.306 e. The van der Waals surface area contributed by atoms with Crippen LogP contribution in [0.1, 0.15) is 329 Å². The lowest BCUT2D eigenvalue weighted by Crippen LogP contribution is -2.30. The van der Waals surface area contributed by atoms with Crippen molar-refractivity contribution in [1.29, 1.82) is 0 Å². The molecular formula is C67H120O6. The van der Waals surface area contributed by atoms with Crippen molar-refractivity contribution in [2.45, 2.75) is 335 Å². The molecule has 424 valence electrons. The second-order valence-electron chi connectivity index (χ2n) is 21.3. The van der Waals surface area contributed by atoms with E-state index in [0.717, 1.165) is 96.3 Å². The molecule has 0 aromatic rings. The predicted molar refractivity (Wildman–Crippen MR) is 316 cm³/mol. The Labute approximate surface area is 453 Å². The first-order valence-corrected chi connectivity index (χ1v) is 31.8. The van der Waals surface area contributed by atoms with Gasteiger partial charge in [0, 0.05) is 19.3 Å². The molecule has 0 unspecified atom stereocenters. The Balaban J connectivity index is 4.35. The number of unbranched alkanes of at least 4 members (excludes halogenated alkanes) is 37. The molecule has 0 N–H and O–H groups in total. The van der Waals surface area contributed by atoms with E-state index in [1.54, 1.807) is 0 Å². The van der Waals surface area contributed by atoms with Gasteiger partial charge in [-0.05, 0) is 103 Å². The Hall–Kier alpha value is -2.89. The highest BCUT2D eigenvalue weighted by atomic mass is 16.6. The number of rotatable bonds is 58. The minimum absolute atomic E-state index is 0.0792. The van der Waals surface area contributed by atoms with E-state index in [-0.39, 0.29) is 31.1 Å². The van der Waals surface area contributed by atoms with Crippen molar-refractivity contribution in [2.75, 3.05) is 13.2 Å². The normalized spacial score (nSPS) is 12.4. The molecule has 0 saturated carbocycles. The van der Waals surface area contributed by atoms with Crippen molar-refractivity contribution < 1.29 is 28.6 Å². The van der Waals surface area contributed by atoms with Crippen molar-refractivity contribution in [3.05, 3.63) is 60.8 Å². The molecule has 73 heavy (non-hydrogen) atoms. The van der Waals surface area contributed by atoms with E-state index in [4.69, 9.17) is 14.2 Å². The summed E-state index contributed by atoms with van der Waals surface area (Å²) in [4.78, 5) is 38.3. The van der Waals surface area contributed by atoms with Crippen LogP contribution in [0, 0.1) is 0 Å². The lowest BCUT2D eigenvalue weighted by atomic mass is 10.0. The van der Waals surface area contributed by atoms with Gasteiger partial charge in [-0.15, -0.1) is 0 Å². The fraction of sp³-hybridized carbons (Fsp3) is 0.806. The third-order valence-corrected chi connectivity index (χ3v) is 14.0. The molecule has 0 amide bonds. The van der Waals surface area contributed by atoms with Crippen LogP contribution < -0.4 is 0 Å². The topological polar surface area (TPSA) is 78.9 Å². The summed E-state index contributed by atoms with van der Waals surface area (Å²) in [5.41, 5.74) is 0. The molecule has 0 saturated heterocycles. The van der Waals surface area contributed by atoms with E-state index in [1.165, 1.54) is 193 Å². The molecule has 0 fully saturated rings. The molecule has 0 radical (unpaired) electrons. The third-order valence-electron chi connectivity index (χ3n) is 14.0. The minimum Gasteiger partial charge on any atom is -0.462 e. The van der Waals surface area contributed by atoms with Crippen LogP contribution in [-0.4, -0.2) is 37.2 Å². The summed E-state index contributed by atoms with van der Waals surface area (Å²) in [5, 5.41) is 0. The van der Waals surface area contributed by atoms with E-state index < -0.39 is 6.10 Å². The zero-order chi connectivity index (χ0) is 52.9. The maximum atomic E-state index is 12.9. The van der Waals surface area contributed by atoms with E-state index in [2.05, 4.69) is 81.5 Å². The summed E-state index contributed by atoms with van der Waals surface area (Å²) in [6, 6.07) is 0. The first-order chi connectivity index (χ1) is 36.0. The van der Waals surface area contributed by atoms with E-state index >= 15 is 0 Å². The van der Waals surface area contributed by atoms with Crippen LogP contribution >= 0.6 is 0 Å². The fourth-order valence-corrected chi connectivity index (χ4v) is 9.21. The molecule has 0 bridgehead atoms. The number of hydrogen-bond donors (Lipinski definition) is 0. The van der Waals surface area contributed by atoms with E-state index in [0.29, 0.717) is 19.3 Å². The molecular weight excluding hydrogens is 901 g/mol. The SMILES string of the molecule is CC/C=C\C/C=C\C/C=C\CCCCCCCC(=O)OC[C@H](COC(=O)CCCCCCCCCCC/C=C\CCCCCCCC)OC(=O)CCCCCCCCCCCCC/C=C\CCCCCCCC. The lowest BCUT2D eigenvalue weighted by molar-refractivity contribution is -0.167. The standard InChI is InChI=1S/C67H120O6/c1-4-7-10-13-16-19-22-25-28-30-32-33-35-37-40-43-46-49-52-55-58-61-67(70)73-64(62-71-65(68)59-56-53-50-47-44-41-38-27-24-21-18-15-12-9-6-3)63-72-66(69)60-57-54-51-48-45-42-39-36-34-31-29-26-23-20-17-14-11-8-5-2/h9,12,18,21,25-29,38,64H,4-8,10-11,13-17,19-20,22-24,30-37,39-63H2,1-3H3/b12-9-,21-18-,28-25-,29-26-,38-27-/t64-/m1/s1. The van der Waals surface area contributed by atoms with Crippen LogP contribution in [0.2, 0.25) is 0 Å². The van der Waals surface area contributed by atoms with Crippen molar-refractivity contribution in [3.63, 3.8) is 0 Å². The van der Waals surface area contributed by atoms with Crippen molar-refractivity contribution in [1.82, 2.24) is 0 Å². The molecule has 0 rings (SSSR count). The average molecular weight is 1020 g/mol.